The van der Waals surface area contributed by atoms with Crippen LogP contribution in [-0.4, -0.2) is 49.8 Å². The van der Waals surface area contributed by atoms with Gasteiger partial charge in [-0.1, -0.05) is 0 Å². The fourth-order valence-corrected chi connectivity index (χ4v) is 2.24. The van der Waals surface area contributed by atoms with E-state index in [4.69, 9.17) is 4.74 Å². The van der Waals surface area contributed by atoms with E-state index in [1.54, 1.807) is 0 Å². The van der Waals surface area contributed by atoms with Gasteiger partial charge in [0.15, 0.2) is 5.96 Å². The molecule has 0 spiro atoms. The second-order valence-electron chi connectivity index (χ2n) is 6.00. The number of amides is 1. The molecule has 1 heterocycles. The van der Waals surface area contributed by atoms with E-state index >= 15 is 0 Å². The summed E-state index contributed by atoms with van der Waals surface area (Å²) in [5, 5.41) is 9.25. The van der Waals surface area contributed by atoms with E-state index in [0.717, 1.165) is 32.0 Å². The van der Waals surface area contributed by atoms with Crippen molar-refractivity contribution in [3.05, 3.63) is 0 Å². The van der Waals surface area contributed by atoms with Gasteiger partial charge in [0.2, 0.25) is 5.91 Å². The van der Waals surface area contributed by atoms with Crippen LogP contribution in [0.4, 0.5) is 0 Å². The molecule has 1 aliphatic rings. The van der Waals surface area contributed by atoms with Gasteiger partial charge in [-0.3, -0.25) is 9.79 Å². The van der Waals surface area contributed by atoms with Crippen molar-refractivity contribution in [3.63, 3.8) is 0 Å². The zero-order valence-electron chi connectivity index (χ0n) is 14.2. The first kappa shape index (κ1) is 21.4. The fraction of sp³-hybridized carbons (Fsp3) is 0.867. The Morgan fingerprint density at radius 2 is 2.09 bits per heavy atom. The standard InChI is InChI=1S/C15H30N4O2.HI/c1-5-16-14(17-9-7-13(20)19-12(2)3)18-11-15(4)8-6-10-21-15;/h12H,5-11H2,1-4H3,(H,19,20)(H2,16,17,18);1H. The molecule has 1 amide bonds. The molecule has 22 heavy (non-hydrogen) atoms. The third-order valence-corrected chi connectivity index (χ3v) is 3.31. The summed E-state index contributed by atoms with van der Waals surface area (Å²) in [4.78, 5) is 16.1. The van der Waals surface area contributed by atoms with Crippen LogP contribution in [0.15, 0.2) is 4.99 Å². The van der Waals surface area contributed by atoms with Crippen LogP contribution in [0.3, 0.4) is 0 Å². The number of nitrogens with zero attached hydrogens (tertiary/aromatic N) is 1. The minimum absolute atomic E-state index is 0. The predicted molar refractivity (Wildman–Crippen MR) is 101 cm³/mol. The van der Waals surface area contributed by atoms with Crippen LogP contribution in [0.5, 0.6) is 0 Å². The zero-order chi connectivity index (χ0) is 15.7. The number of carbonyl (C=O) groups is 1. The number of guanidine groups is 1. The molecular weight excluding hydrogens is 395 g/mol. The number of ether oxygens (including phenoxy) is 1. The second kappa shape index (κ2) is 11.0. The number of aliphatic imine (C=N–C) groups is 1. The van der Waals surface area contributed by atoms with Crippen molar-refractivity contribution < 1.29 is 9.53 Å². The highest BCUT2D eigenvalue weighted by Crippen LogP contribution is 2.24. The molecule has 1 rings (SSSR count). The van der Waals surface area contributed by atoms with Crippen LogP contribution in [0.25, 0.3) is 0 Å². The van der Waals surface area contributed by atoms with Gasteiger partial charge in [-0.2, -0.15) is 0 Å². The Morgan fingerprint density at radius 1 is 1.36 bits per heavy atom. The highest BCUT2D eigenvalue weighted by Gasteiger charge is 2.29. The van der Waals surface area contributed by atoms with E-state index in [2.05, 4.69) is 27.9 Å². The quantitative estimate of drug-likeness (QED) is 0.329. The largest absolute Gasteiger partial charge is 0.373 e. The lowest BCUT2D eigenvalue weighted by atomic mass is 10.0. The van der Waals surface area contributed by atoms with Crippen LogP contribution in [0, 0.1) is 0 Å². The topological polar surface area (TPSA) is 74.8 Å². The predicted octanol–water partition coefficient (Wildman–Crippen LogP) is 1.64. The summed E-state index contributed by atoms with van der Waals surface area (Å²) < 4.78 is 5.73. The Labute approximate surface area is 151 Å². The maximum Gasteiger partial charge on any atom is 0.221 e. The Morgan fingerprint density at radius 3 is 2.64 bits per heavy atom. The van der Waals surface area contributed by atoms with Crippen LogP contribution >= 0.6 is 24.0 Å². The average molecular weight is 426 g/mol. The minimum Gasteiger partial charge on any atom is -0.373 e. The van der Waals surface area contributed by atoms with E-state index in [0.29, 0.717) is 19.5 Å². The Kier molecular flexibility index (Phi) is 10.8. The van der Waals surface area contributed by atoms with Gasteiger partial charge in [0.1, 0.15) is 0 Å². The smallest absolute Gasteiger partial charge is 0.221 e. The molecule has 0 aliphatic carbocycles. The molecule has 1 saturated heterocycles. The number of hydrogen-bond acceptors (Lipinski definition) is 3. The summed E-state index contributed by atoms with van der Waals surface area (Å²) >= 11 is 0. The molecule has 0 bridgehead atoms. The molecule has 1 atom stereocenters. The van der Waals surface area contributed by atoms with Gasteiger partial charge >= 0.3 is 0 Å². The number of carbonyl (C=O) groups excluding carboxylic acids is 1. The zero-order valence-corrected chi connectivity index (χ0v) is 16.5. The molecular formula is C15H31IN4O2. The van der Waals surface area contributed by atoms with E-state index in [-0.39, 0.29) is 41.5 Å². The third kappa shape index (κ3) is 8.77. The van der Waals surface area contributed by atoms with Crippen molar-refractivity contribution in [2.75, 3.05) is 26.2 Å². The molecule has 6 nitrogen and oxygen atoms in total. The summed E-state index contributed by atoms with van der Waals surface area (Å²) in [6.07, 6.45) is 2.59. The first-order chi connectivity index (χ1) is 9.95. The lowest BCUT2D eigenvalue weighted by molar-refractivity contribution is -0.121. The fourth-order valence-electron chi connectivity index (χ4n) is 2.24. The monoisotopic (exact) mass is 426 g/mol. The molecule has 3 N–H and O–H groups in total. The van der Waals surface area contributed by atoms with Gasteiger partial charge in [0.25, 0.3) is 0 Å². The van der Waals surface area contributed by atoms with E-state index in [9.17, 15) is 4.79 Å². The van der Waals surface area contributed by atoms with Crippen molar-refractivity contribution in [1.29, 1.82) is 0 Å². The maximum absolute atomic E-state index is 11.6. The highest BCUT2D eigenvalue weighted by molar-refractivity contribution is 14.0. The molecule has 0 aromatic heterocycles. The van der Waals surface area contributed by atoms with Gasteiger partial charge < -0.3 is 20.7 Å². The summed E-state index contributed by atoms with van der Waals surface area (Å²) in [6.45, 7) is 10.9. The van der Waals surface area contributed by atoms with Crippen LogP contribution in [0.2, 0.25) is 0 Å². The van der Waals surface area contributed by atoms with Crippen molar-refractivity contribution >= 4 is 35.8 Å². The lowest BCUT2D eigenvalue weighted by Gasteiger charge is -2.21. The summed E-state index contributed by atoms with van der Waals surface area (Å²) in [5.41, 5.74) is -0.141. The highest BCUT2D eigenvalue weighted by atomic mass is 127. The third-order valence-electron chi connectivity index (χ3n) is 3.31. The minimum atomic E-state index is -0.141. The number of rotatable bonds is 7. The van der Waals surface area contributed by atoms with Gasteiger partial charge in [-0.15, -0.1) is 24.0 Å². The summed E-state index contributed by atoms with van der Waals surface area (Å²) in [7, 11) is 0. The van der Waals surface area contributed by atoms with Crippen LogP contribution in [-0.2, 0) is 9.53 Å². The SMILES string of the molecule is CCNC(=NCC1(C)CCCO1)NCCC(=O)NC(C)C.I. The molecule has 0 radical (unpaired) electrons. The lowest BCUT2D eigenvalue weighted by Crippen LogP contribution is -2.41. The second-order valence-corrected chi connectivity index (χ2v) is 6.00. The molecule has 0 saturated carbocycles. The average Bonchev–Trinajstić information content (AvgIpc) is 2.82. The number of hydrogen-bond donors (Lipinski definition) is 3. The summed E-state index contributed by atoms with van der Waals surface area (Å²) in [6, 6.07) is 0.180. The van der Waals surface area contributed by atoms with Crippen molar-refractivity contribution in [1.82, 2.24) is 16.0 Å². The van der Waals surface area contributed by atoms with E-state index < -0.39 is 0 Å². The first-order valence-corrected chi connectivity index (χ1v) is 7.91. The van der Waals surface area contributed by atoms with Gasteiger partial charge in [-0.05, 0) is 40.5 Å². The molecule has 0 aromatic carbocycles. The Balaban J connectivity index is 0.00000441. The van der Waals surface area contributed by atoms with E-state index in [1.807, 2.05) is 20.8 Å². The molecule has 7 heteroatoms. The molecule has 130 valence electrons. The Bertz CT molecular complexity index is 355. The maximum atomic E-state index is 11.6. The van der Waals surface area contributed by atoms with E-state index in [1.165, 1.54) is 0 Å². The van der Waals surface area contributed by atoms with Crippen molar-refractivity contribution in [2.45, 2.75) is 58.6 Å². The van der Waals surface area contributed by atoms with Gasteiger partial charge in [-0.25, -0.2) is 0 Å². The van der Waals surface area contributed by atoms with Crippen molar-refractivity contribution in [3.8, 4) is 0 Å². The molecule has 0 aromatic rings. The van der Waals surface area contributed by atoms with Gasteiger partial charge in [0, 0.05) is 32.2 Å². The summed E-state index contributed by atoms with van der Waals surface area (Å²) in [5.74, 6) is 0.797. The van der Waals surface area contributed by atoms with Crippen molar-refractivity contribution in [2.24, 2.45) is 4.99 Å². The van der Waals surface area contributed by atoms with Gasteiger partial charge in [0.05, 0.1) is 12.1 Å². The first-order valence-electron chi connectivity index (χ1n) is 7.91. The normalized spacial score (nSPS) is 21.4. The Hall–Kier alpha value is -0.570. The molecule has 1 fully saturated rings. The molecule has 1 aliphatic heterocycles. The number of halogens is 1. The molecule has 1 unspecified atom stereocenters. The number of nitrogens with one attached hydrogen (secondary N) is 3. The van der Waals surface area contributed by atoms with Crippen LogP contribution < -0.4 is 16.0 Å². The van der Waals surface area contributed by atoms with Crippen LogP contribution in [0.1, 0.15) is 47.0 Å².